The average Bonchev–Trinajstić information content (AvgIpc) is 2.63. The molecular formula is C24H54N4+2. The van der Waals surface area contributed by atoms with Gasteiger partial charge in [0.1, 0.15) is 0 Å². The molecule has 1 aliphatic rings. The van der Waals surface area contributed by atoms with Crippen LogP contribution >= 0.6 is 0 Å². The zero-order valence-corrected chi connectivity index (χ0v) is 21.3. The molecule has 0 saturated carbocycles. The molecule has 0 aromatic heterocycles. The van der Waals surface area contributed by atoms with Gasteiger partial charge in [0, 0.05) is 39.3 Å². The summed E-state index contributed by atoms with van der Waals surface area (Å²) >= 11 is 0. The SMILES string of the molecule is CC[N+](CC)(CCN1CCN(CC[N+](CC)(CC)C(C)(C)C)CC1)C(C)(C)C. The fourth-order valence-corrected chi connectivity index (χ4v) is 5.55. The van der Waals surface area contributed by atoms with Gasteiger partial charge in [-0.15, -0.1) is 0 Å². The molecule has 1 heterocycles. The first kappa shape index (κ1) is 25.9. The van der Waals surface area contributed by atoms with Crippen molar-refractivity contribution in [3.8, 4) is 0 Å². The highest BCUT2D eigenvalue weighted by Crippen LogP contribution is 2.25. The van der Waals surface area contributed by atoms with Gasteiger partial charge in [-0.05, 0) is 69.2 Å². The fraction of sp³-hybridized carbons (Fsp3) is 1.00. The van der Waals surface area contributed by atoms with E-state index in [0.717, 1.165) is 0 Å². The summed E-state index contributed by atoms with van der Waals surface area (Å²) in [6.07, 6.45) is 0. The molecule has 0 amide bonds. The molecular weight excluding hydrogens is 344 g/mol. The Morgan fingerprint density at radius 3 is 0.964 bits per heavy atom. The topological polar surface area (TPSA) is 6.48 Å². The number of quaternary nitrogens is 2. The van der Waals surface area contributed by atoms with Crippen LogP contribution in [-0.4, -0.2) is 108 Å². The lowest BCUT2D eigenvalue weighted by molar-refractivity contribution is -0.967. The highest BCUT2D eigenvalue weighted by Gasteiger charge is 2.38. The van der Waals surface area contributed by atoms with Crippen LogP contribution in [0.4, 0.5) is 0 Å². The predicted molar refractivity (Wildman–Crippen MR) is 125 cm³/mol. The minimum atomic E-state index is 0.333. The van der Waals surface area contributed by atoms with Crippen molar-refractivity contribution in [2.45, 2.75) is 80.3 Å². The van der Waals surface area contributed by atoms with Crippen molar-refractivity contribution in [1.82, 2.24) is 9.80 Å². The maximum absolute atomic E-state index is 2.71. The number of likely N-dealkylation sites (N-methyl/N-ethyl adjacent to an activating group) is 2. The van der Waals surface area contributed by atoms with Crippen LogP contribution in [-0.2, 0) is 0 Å². The van der Waals surface area contributed by atoms with Crippen LogP contribution in [0, 0.1) is 0 Å². The molecule has 168 valence electrons. The second-order valence-corrected chi connectivity index (χ2v) is 11.0. The van der Waals surface area contributed by atoms with Crippen LogP contribution < -0.4 is 0 Å². The van der Waals surface area contributed by atoms with E-state index in [-0.39, 0.29) is 0 Å². The zero-order chi connectivity index (χ0) is 21.6. The van der Waals surface area contributed by atoms with Crippen molar-refractivity contribution < 1.29 is 8.97 Å². The highest BCUT2D eigenvalue weighted by atomic mass is 15.4. The third kappa shape index (κ3) is 5.93. The van der Waals surface area contributed by atoms with Crippen LogP contribution in [0.25, 0.3) is 0 Å². The average molecular weight is 399 g/mol. The normalized spacial score (nSPS) is 18.6. The molecule has 0 atom stereocenters. The smallest absolute Gasteiger partial charge is 0.0919 e. The van der Waals surface area contributed by atoms with Crippen LogP contribution in [0.5, 0.6) is 0 Å². The van der Waals surface area contributed by atoms with E-state index in [4.69, 9.17) is 0 Å². The first-order valence-electron chi connectivity index (χ1n) is 12.1. The van der Waals surface area contributed by atoms with Crippen molar-refractivity contribution >= 4 is 0 Å². The van der Waals surface area contributed by atoms with E-state index in [0.29, 0.717) is 11.1 Å². The van der Waals surface area contributed by atoms with Crippen molar-refractivity contribution in [3.05, 3.63) is 0 Å². The van der Waals surface area contributed by atoms with Crippen molar-refractivity contribution in [2.75, 3.05) is 78.5 Å². The molecule has 1 saturated heterocycles. The van der Waals surface area contributed by atoms with E-state index in [2.05, 4.69) is 79.0 Å². The number of hydrogen-bond acceptors (Lipinski definition) is 2. The Morgan fingerprint density at radius 1 is 0.536 bits per heavy atom. The van der Waals surface area contributed by atoms with Gasteiger partial charge in [-0.2, -0.15) is 0 Å². The molecule has 0 N–H and O–H groups in total. The second kappa shape index (κ2) is 10.2. The summed E-state index contributed by atoms with van der Waals surface area (Å²) in [5, 5.41) is 0. The summed E-state index contributed by atoms with van der Waals surface area (Å²) in [6, 6.07) is 0. The van der Waals surface area contributed by atoms with Gasteiger partial charge < -0.3 is 8.97 Å². The Morgan fingerprint density at radius 2 is 0.786 bits per heavy atom. The molecule has 0 aliphatic carbocycles. The quantitative estimate of drug-likeness (QED) is 0.515. The molecule has 1 fully saturated rings. The van der Waals surface area contributed by atoms with Gasteiger partial charge in [-0.1, -0.05) is 0 Å². The Bertz CT molecular complexity index is 389. The summed E-state index contributed by atoms with van der Waals surface area (Å²) in [6.45, 7) is 38.9. The number of hydrogen-bond donors (Lipinski definition) is 0. The summed E-state index contributed by atoms with van der Waals surface area (Å²) in [4.78, 5) is 5.43. The molecule has 4 heteroatoms. The van der Waals surface area contributed by atoms with E-state index in [1.165, 1.54) is 87.5 Å². The van der Waals surface area contributed by atoms with Gasteiger partial charge in [0.2, 0.25) is 0 Å². The third-order valence-corrected chi connectivity index (χ3v) is 8.42. The monoisotopic (exact) mass is 398 g/mol. The molecule has 0 bridgehead atoms. The lowest BCUT2D eigenvalue weighted by Crippen LogP contribution is -2.63. The molecule has 0 spiro atoms. The zero-order valence-electron chi connectivity index (χ0n) is 21.3. The number of rotatable bonds is 10. The minimum Gasteiger partial charge on any atom is -0.319 e. The van der Waals surface area contributed by atoms with Crippen LogP contribution in [0.3, 0.4) is 0 Å². The molecule has 4 nitrogen and oxygen atoms in total. The van der Waals surface area contributed by atoms with E-state index >= 15 is 0 Å². The van der Waals surface area contributed by atoms with Gasteiger partial charge in [0.15, 0.2) is 0 Å². The highest BCUT2D eigenvalue weighted by molar-refractivity contribution is 4.74. The largest absolute Gasteiger partial charge is 0.319 e. The van der Waals surface area contributed by atoms with Gasteiger partial charge in [-0.3, -0.25) is 9.80 Å². The third-order valence-electron chi connectivity index (χ3n) is 8.42. The molecule has 0 unspecified atom stereocenters. The maximum Gasteiger partial charge on any atom is 0.0919 e. The van der Waals surface area contributed by atoms with Gasteiger partial charge >= 0.3 is 0 Å². The summed E-state index contributed by atoms with van der Waals surface area (Å²) in [7, 11) is 0. The van der Waals surface area contributed by atoms with Crippen molar-refractivity contribution in [2.24, 2.45) is 0 Å². The molecule has 0 aromatic rings. The van der Waals surface area contributed by atoms with Gasteiger partial charge in [-0.25, -0.2) is 0 Å². The van der Waals surface area contributed by atoms with Crippen LogP contribution in [0.1, 0.15) is 69.2 Å². The van der Waals surface area contributed by atoms with Crippen LogP contribution in [0.15, 0.2) is 0 Å². The van der Waals surface area contributed by atoms with Crippen LogP contribution in [0.2, 0.25) is 0 Å². The summed E-state index contributed by atoms with van der Waals surface area (Å²) < 4.78 is 2.46. The Hall–Kier alpha value is -0.160. The lowest BCUT2D eigenvalue weighted by Gasteiger charge is -2.50. The second-order valence-electron chi connectivity index (χ2n) is 11.0. The van der Waals surface area contributed by atoms with E-state index < -0.39 is 0 Å². The Kier molecular flexibility index (Phi) is 9.46. The van der Waals surface area contributed by atoms with E-state index in [9.17, 15) is 0 Å². The molecule has 0 aromatic carbocycles. The van der Waals surface area contributed by atoms with Gasteiger partial charge in [0.25, 0.3) is 0 Å². The summed E-state index contributed by atoms with van der Waals surface area (Å²) in [5.41, 5.74) is 0.666. The van der Waals surface area contributed by atoms with Gasteiger partial charge in [0.05, 0.1) is 50.3 Å². The Labute approximate surface area is 178 Å². The Balaban J connectivity index is 2.53. The van der Waals surface area contributed by atoms with E-state index in [1.54, 1.807) is 0 Å². The van der Waals surface area contributed by atoms with E-state index in [1.807, 2.05) is 0 Å². The molecule has 0 radical (unpaired) electrons. The maximum atomic E-state index is 2.71. The first-order chi connectivity index (χ1) is 12.9. The minimum absolute atomic E-state index is 0.333. The molecule has 1 rings (SSSR count). The molecule has 28 heavy (non-hydrogen) atoms. The number of piperazine rings is 1. The van der Waals surface area contributed by atoms with Crippen molar-refractivity contribution in [1.29, 1.82) is 0 Å². The number of nitrogens with zero attached hydrogens (tertiary/aromatic N) is 4. The predicted octanol–water partition coefficient (Wildman–Crippen LogP) is 3.91. The lowest BCUT2D eigenvalue weighted by atomic mass is 10.0. The summed E-state index contributed by atoms with van der Waals surface area (Å²) in [5.74, 6) is 0. The molecule has 1 aliphatic heterocycles. The van der Waals surface area contributed by atoms with Crippen molar-refractivity contribution in [3.63, 3.8) is 0 Å². The first-order valence-corrected chi connectivity index (χ1v) is 12.1. The fourth-order valence-electron chi connectivity index (χ4n) is 5.55. The standard InChI is InChI=1S/C24H54N4/c1-11-27(12-2,23(5,6)7)21-19-25-15-17-26(18-16-25)20-22-28(13-3,14-4)24(8,9)10/h11-22H2,1-10H3/q+2.